The number of carbonyl (C=O) groups is 1. The number of rotatable bonds is 5. The molecule has 3 rings (SSSR count). The predicted octanol–water partition coefficient (Wildman–Crippen LogP) is 3.66. The van der Waals surface area contributed by atoms with E-state index >= 15 is 0 Å². The first-order valence-electron chi connectivity index (χ1n) is 8.86. The Labute approximate surface area is 170 Å². The van der Waals surface area contributed by atoms with Gasteiger partial charge in [0, 0.05) is 25.2 Å². The maximum Gasteiger partial charge on any atom is 0.417 e. The second-order valence-corrected chi connectivity index (χ2v) is 9.46. The fraction of sp³-hybridized carbons (Fsp3) is 0.316. The van der Waals surface area contributed by atoms with Gasteiger partial charge in [-0.05, 0) is 29.9 Å². The molecule has 1 aliphatic heterocycles. The topological polar surface area (TPSA) is 66.5 Å². The Balaban J connectivity index is 1.65. The standard InChI is InChI=1S/C19H19F3N2O3S2/c20-19(21,22)16(14-5-2-1-3-6-14)13-17(25)24-10-8-15(9-11-24)23-29(26,27)18-7-4-12-28-18/h1-7,12-13,15,23H,8-11H2/b16-13-. The summed E-state index contributed by atoms with van der Waals surface area (Å²) in [6, 6.07) is 9.93. The highest BCUT2D eigenvalue weighted by atomic mass is 32.2. The Bertz CT molecular complexity index is 964. The van der Waals surface area contributed by atoms with Gasteiger partial charge < -0.3 is 4.90 Å². The molecular formula is C19H19F3N2O3S2. The first-order chi connectivity index (χ1) is 13.7. The predicted molar refractivity (Wildman–Crippen MR) is 105 cm³/mol. The van der Waals surface area contributed by atoms with E-state index in [0.717, 1.165) is 11.3 Å². The Morgan fingerprint density at radius 2 is 1.76 bits per heavy atom. The number of hydrogen-bond acceptors (Lipinski definition) is 4. The summed E-state index contributed by atoms with van der Waals surface area (Å²) in [5.41, 5.74) is -1.07. The monoisotopic (exact) mass is 444 g/mol. The number of hydrogen-bond donors (Lipinski definition) is 1. The molecule has 0 bridgehead atoms. The first-order valence-corrected chi connectivity index (χ1v) is 11.2. The van der Waals surface area contributed by atoms with Crippen molar-refractivity contribution < 1.29 is 26.4 Å². The van der Waals surface area contributed by atoms with Crippen LogP contribution in [0.4, 0.5) is 13.2 Å². The van der Waals surface area contributed by atoms with Crippen LogP contribution < -0.4 is 4.72 Å². The first kappa shape index (κ1) is 21.5. The van der Waals surface area contributed by atoms with E-state index in [1.54, 1.807) is 17.5 Å². The van der Waals surface area contributed by atoms with E-state index in [2.05, 4.69) is 4.72 Å². The van der Waals surface area contributed by atoms with Gasteiger partial charge >= 0.3 is 6.18 Å². The normalized spacial score (nSPS) is 16.8. The average Bonchev–Trinajstić information content (AvgIpc) is 3.22. The van der Waals surface area contributed by atoms with E-state index < -0.39 is 27.7 Å². The SMILES string of the molecule is O=C(/C=C(/c1ccccc1)C(F)(F)F)N1CCC(NS(=O)(=O)c2cccs2)CC1. The van der Waals surface area contributed by atoms with Gasteiger partial charge in [0.15, 0.2) is 0 Å². The van der Waals surface area contributed by atoms with Crippen molar-refractivity contribution in [3.63, 3.8) is 0 Å². The molecule has 1 amide bonds. The molecule has 10 heteroatoms. The summed E-state index contributed by atoms with van der Waals surface area (Å²) in [6.45, 7) is 0.347. The molecule has 1 N–H and O–H groups in total. The lowest BCUT2D eigenvalue weighted by Gasteiger charge is -2.31. The smallest absolute Gasteiger partial charge is 0.339 e. The molecule has 1 aliphatic rings. The molecule has 0 radical (unpaired) electrons. The highest BCUT2D eigenvalue weighted by Gasteiger charge is 2.36. The lowest BCUT2D eigenvalue weighted by Crippen LogP contribution is -2.46. The summed E-state index contributed by atoms with van der Waals surface area (Å²) in [5, 5.41) is 1.66. The lowest BCUT2D eigenvalue weighted by atomic mass is 10.0. The second-order valence-electron chi connectivity index (χ2n) is 6.57. The summed E-state index contributed by atoms with van der Waals surface area (Å²) >= 11 is 1.10. The van der Waals surface area contributed by atoms with Gasteiger partial charge in [-0.3, -0.25) is 4.79 Å². The Hall–Kier alpha value is -2.17. The molecule has 5 nitrogen and oxygen atoms in total. The number of piperidine rings is 1. The third kappa shape index (κ3) is 5.46. The summed E-state index contributed by atoms with van der Waals surface area (Å²) in [4.78, 5) is 13.7. The third-order valence-corrected chi connectivity index (χ3v) is 7.46. The van der Waals surface area contributed by atoms with Crippen molar-refractivity contribution in [2.75, 3.05) is 13.1 Å². The van der Waals surface area contributed by atoms with Gasteiger partial charge in [-0.15, -0.1) is 11.3 Å². The number of halogens is 3. The molecule has 0 aliphatic carbocycles. The molecule has 0 saturated carbocycles. The van der Waals surface area contributed by atoms with Crippen LogP contribution >= 0.6 is 11.3 Å². The fourth-order valence-corrected chi connectivity index (χ4v) is 5.39. The van der Waals surface area contributed by atoms with E-state index in [4.69, 9.17) is 0 Å². The van der Waals surface area contributed by atoms with Gasteiger partial charge in [-0.2, -0.15) is 13.2 Å². The zero-order valence-corrected chi connectivity index (χ0v) is 16.9. The summed E-state index contributed by atoms with van der Waals surface area (Å²) < 4.78 is 67.6. The van der Waals surface area contributed by atoms with Gasteiger partial charge in [0.1, 0.15) is 4.21 Å². The highest BCUT2D eigenvalue weighted by molar-refractivity contribution is 7.91. The number of alkyl halides is 3. The summed E-state index contributed by atoms with van der Waals surface area (Å²) in [7, 11) is -3.62. The molecule has 156 valence electrons. The average molecular weight is 445 g/mol. The van der Waals surface area contributed by atoms with Gasteiger partial charge in [0.05, 0.1) is 5.57 Å². The van der Waals surface area contributed by atoms with Crippen LogP contribution in [0.2, 0.25) is 0 Å². The van der Waals surface area contributed by atoms with Crippen LogP contribution in [0.5, 0.6) is 0 Å². The van der Waals surface area contributed by atoms with Crippen molar-refractivity contribution in [1.82, 2.24) is 9.62 Å². The molecule has 29 heavy (non-hydrogen) atoms. The molecule has 0 unspecified atom stereocenters. The molecule has 0 atom stereocenters. The van der Waals surface area contributed by atoms with Gasteiger partial charge in [0.25, 0.3) is 0 Å². The summed E-state index contributed by atoms with van der Waals surface area (Å²) in [6.07, 6.45) is -3.38. The maximum absolute atomic E-state index is 13.4. The van der Waals surface area contributed by atoms with Crippen molar-refractivity contribution in [3.05, 3.63) is 59.5 Å². The zero-order valence-electron chi connectivity index (χ0n) is 15.2. The Morgan fingerprint density at radius 3 is 2.31 bits per heavy atom. The number of amides is 1. The van der Waals surface area contributed by atoms with Crippen molar-refractivity contribution in [2.24, 2.45) is 0 Å². The van der Waals surface area contributed by atoms with E-state index in [1.807, 2.05) is 0 Å². The van der Waals surface area contributed by atoms with Crippen LogP contribution in [0, 0.1) is 0 Å². The number of allylic oxidation sites excluding steroid dienone is 1. The van der Waals surface area contributed by atoms with E-state index in [-0.39, 0.29) is 28.9 Å². The summed E-state index contributed by atoms with van der Waals surface area (Å²) in [5.74, 6) is -0.735. The van der Waals surface area contributed by atoms with Gasteiger partial charge in [-0.25, -0.2) is 13.1 Å². The van der Waals surface area contributed by atoms with Gasteiger partial charge in [0.2, 0.25) is 15.9 Å². The molecule has 2 aromatic rings. The minimum atomic E-state index is -4.66. The molecule has 1 aromatic carbocycles. The maximum atomic E-state index is 13.4. The largest absolute Gasteiger partial charge is 0.417 e. The minimum absolute atomic E-state index is 0.0769. The van der Waals surface area contributed by atoms with Crippen molar-refractivity contribution in [2.45, 2.75) is 29.3 Å². The number of nitrogens with one attached hydrogen (secondary N) is 1. The third-order valence-electron chi connectivity index (χ3n) is 4.55. The van der Waals surface area contributed by atoms with Crippen LogP contribution in [0.25, 0.3) is 5.57 Å². The van der Waals surface area contributed by atoms with E-state index in [9.17, 15) is 26.4 Å². The van der Waals surface area contributed by atoms with Crippen LogP contribution in [-0.2, 0) is 14.8 Å². The van der Waals surface area contributed by atoms with Crippen molar-refractivity contribution >= 4 is 32.8 Å². The molecule has 2 heterocycles. The van der Waals surface area contributed by atoms with Crippen LogP contribution in [-0.4, -0.2) is 44.5 Å². The number of nitrogens with zero attached hydrogens (tertiary/aromatic N) is 1. The molecule has 1 aromatic heterocycles. The minimum Gasteiger partial charge on any atom is -0.339 e. The van der Waals surface area contributed by atoms with Crippen LogP contribution in [0.1, 0.15) is 18.4 Å². The number of carbonyl (C=O) groups excluding carboxylic acids is 1. The number of thiophene rings is 1. The van der Waals surface area contributed by atoms with Gasteiger partial charge in [-0.1, -0.05) is 36.4 Å². The lowest BCUT2D eigenvalue weighted by molar-refractivity contribution is -0.127. The van der Waals surface area contributed by atoms with Crippen molar-refractivity contribution in [1.29, 1.82) is 0 Å². The van der Waals surface area contributed by atoms with E-state index in [1.165, 1.54) is 35.2 Å². The Kier molecular flexibility index (Phi) is 6.45. The Morgan fingerprint density at radius 1 is 1.10 bits per heavy atom. The van der Waals surface area contributed by atoms with E-state index in [0.29, 0.717) is 18.9 Å². The molecular weight excluding hydrogens is 425 g/mol. The fourth-order valence-electron chi connectivity index (χ4n) is 3.07. The number of likely N-dealkylation sites (tertiary alicyclic amines) is 1. The molecule has 1 fully saturated rings. The van der Waals surface area contributed by atoms with Crippen LogP contribution in [0.3, 0.4) is 0 Å². The second kappa shape index (κ2) is 8.68. The molecule has 1 saturated heterocycles. The quantitative estimate of drug-likeness (QED) is 0.716. The molecule has 0 spiro atoms. The van der Waals surface area contributed by atoms with Crippen molar-refractivity contribution in [3.8, 4) is 0 Å². The highest BCUT2D eigenvalue weighted by Crippen LogP contribution is 2.34. The zero-order chi connectivity index (χ0) is 21.1. The van der Waals surface area contributed by atoms with Crippen LogP contribution in [0.15, 0.2) is 58.1 Å². The number of benzene rings is 1. The number of sulfonamides is 1.